The molecule has 30 heavy (non-hydrogen) atoms. The van der Waals surface area contributed by atoms with Crippen molar-refractivity contribution < 1.29 is 29.3 Å². The highest BCUT2D eigenvalue weighted by molar-refractivity contribution is 6.20. The highest BCUT2D eigenvalue weighted by atomic mass is 16.5. The molecule has 0 aromatic rings. The van der Waals surface area contributed by atoms with E-state index in [9.17, 15) is 19.5 Å². The maximum absolute atomic E-state index is 12.1. The molecule has 0 fully saturated rings. The lowest BCUT2D eigenvalue weighted by Crippen LogP contribution is -2.20. The van der Waals surface area contributed by atoms with E-state index in [4.69, 9.17) is 9.84 Å². The van der Waals surface area contributed by atoms with Crippen molar-refractivity contribution in [1.82, 2.24) is 0 Å². The number of rotatable bonds is 17. The average Bonchev–Trinajstić information content (AvgIpc) is 2.72. The number of carboxylic acid groups (broad SMARTS) is 1. The van der Waals surface area contributed by atoms with Crippen LogP contribution in [-0.4, -0.2) is 34.9 Å². The summed E-state index contributed by atoms with van der Waals surface area (Å²) < 4.78 is 4.91. The predicted molar refractivity (Wildman–Crippen MR) is 116 cm³/mol. The van der Waals surface area contributed by atoms with Crippen LogP contribution in [0.5, 0.6) is 0 Å². The van der Waals surface area contributed by atoms with Gasteiger partial charge in [0.1, 0.15) is 0 Å². The van der Waals surface area contributed by atoms with Crippen LogP contribution >= 0.6 is 0 Å². The van der Waals surface area contributed by atoms with E-state index in [0.717, 1.165) is 51.0 Å². The van der Waals surface area contributed by atoms with Gasteiger partial charge < -0.3 is 14.9 Å². The molecule has 0 heterocycles. The molecule has 1 aliphatic carbocycles. The molecule has 0 saturated carbocycles. The minimum atomic E-state index is -0.874. The fraction of sp³-hybridized carbons (Fsp3) is 0.625. The van der Waals surface area contributed by atoms with Crippen LogP contribution in [0.1, 0.15) is 89.9 Å². The first-order valence-electron chi connectivity index (χ1n) is 11.1. The fourth-order valence-corrected chi connectivity index (χ4v) is 3.56. The fourth-order valence-electron chi connectivity index (χ4n) is 3.56. The van der Waals surface area contributed by atoms with Gasteiger partial charge in [-0.15, -0.1) is 0 Å². The number of ether oxygens (including phenoxy) is 1. The first-order valence-corrected chi connectivity index (χ1v) is 11.1. The Morgan fingerprint density at radius 2 is 1.40 bits per heavy atom. The Hall–Kier alpha value is -2.37. The van der Waals surface area contributed by atoms with E-state index in [0.29, 0.717) is 6.42 Å². The molecule has 1 rings (SSSR count). The minimum absolute atomic E-state index is 0.00261. The molecule has 0 spiro atoms. The van der Waals surface area contributed by atoms with Gasteiger partial charge in [-0.3, -0.25) is 9.59 Å². The molecule has 0 radical (unpaired) electrons. The summed E-state index contributed by atoms with van der Waals surface area (Å²) in [5.41, 5.74) is 0.178. The van der Waals surface area contributed by atoms with Gasteiger partial charge in [0.2, 0.25) is 11.6 Å². The number of aliphatic hydroxyl groups is 1. The van der Waals surface area contributed by atoms with Crippen LogP contribution in [0, 0.1) is 0 Å². The van der Waals surface area contributed by atoms with Crippen LogP contribution in [-0.2, 0) is 19.1 Å². The van der Waals surface area contributed by atoms with Crippen molar-refractivity contribution in [3.05, 3.63) is 35.3 Å². The molecule has 2 N–H and O–H groups in total. The number of carbonyl (C=O) groups excluding carboxylic acids is 2. The van der Waals surface area contributed by atoms with Crippen molar-refractivity contribution in [1.29, 1.82) is 0 Å². The van der Waals surface area contributed by atoms with Crippen LogP contribution in [0.25, 0.3) is 0 Å². The molecule has 6 heteroatoms. The first-order chi connectivity index (χ1) is 14.5. The van der Waals surface area contributed by atoms with E-state index in [1.807, 2.05) is 0 Å². The molecule has 0 bridgehead atoms. The number of carboxylic acids is 1. The normalized spacial score (nSPS) is 14.5. The third-order valence-corrected chi connectivity index (χ3v) is 5.31. The lowest BCUT2D eigenvalue weighted by atomic mass is 9.94. The average molecular weight is 421 g/mol. The third kappa shape index (κ3) is 10.4. The molecular formula is C24H36O6. The van der Waals surface area contributed by atoms with Crippen LogP contribution in [0.3, 0.4) is 0 Å². The van der Waals surface area contributed by atoms with E-state index in [1.54, 1.807) is 6.08 Å². The molecule has 1 aliphatic rings. The van der Waals surface area contributed by atoms with Gasteiger partial charge in [0.25, 0.3) is 0 Å². The zero-order valence-corrected chi connectivity index (χ0v) is 18.2. The number of carbonyl (C=O) groups is 3. The number of allylic oxidation sites excluding steroid dienone is 3. The second-order valence-corrected chi connectivity index (χ2v) is 7.76. The Morgan fingerprint density at radius 3 is 1.90 bits per heavy atom. The molecular weight excluding hydrogens is 384 g/mol. The van der Waals surface area contributed by atoms with Crippen molar-refractivity contribution in [2.45, 2.75) is 89.9 Å². The van der Waals surface area contributed by atoms with Crippen molar-refractivity contribution in [3.63, 3.8) is 0 Å². The quantitative estimate of drug-likeness (QED) is 0.181. The molecule has 0 atom stereocenters. The molecule has 0 aliphatic heterocycles. The summed E-state index contributed by atoms with van der Waals surface area (Å²) in [6.45, 7) is 0. The summed E-state index contributed by atoms with van der Waals surface area (Å²) in [7, 11) is 1.35. The van der Waals surface area contributed by atoms with E-state index < -0.39 is 17.5 Å². The standard InChI is InChI=1S/C24H36O6/c1-30-21-18-20(25)23(28)19(24(21)29)16-14-12-10-8-6-4-2-3-5-7-9-11-13-15-17-22(26)27/h15,17-18,28H,2-14,16H2,1H3,(H,26,27)/b17-15+. The topological polar surface area (TPSA) is 101 Å². The van der Waals surface area contributed by atoms with Gasteiger partial charge in [-0.05, 0) is 25.7 Å². The number of ketones is 2. The monoisotopic (exact) mass is 420 g/mol. The van der Waals surface area contributed by atoms with E-state index in [1.165, 1.54) is 51.7 Å². The second-order valence-electron chi connectivity index (χ2n) is 7.76. The number of hydrogen-bond acceptors (Lipinski definition) is 5. The van der Waals surface area contributed by atoms with Gasteiger partial charge in [-0.25, -0.2) is 4.79 Å². The summed E-state index contributed by atoms with van der Waals surface area (Å²) in [6.07, 6.45) is 18.9. The molecule has 6 nitrogen and oxygen atoms in total. The van der Waals surface area contributed by atoms with Crippen LogP contribution < -0.4 is 0 Å². The summed E-state index contributed by atoms with van der Waals surface area (Å²) in [4.78, 5) is 34.1. The summed E-state index contributed by atoms with van der Waals surface area (Å²) >= 11 is 0. The predicted octanol–water partition coefficient (Wildman–Crippen LogP) is 5.58. The Bertz CT molecular complexity index is 657. The van der Waals surface area contributed by atoms with Gasteiger partial charge in [-0.1, -0.05) is 70.3 Å². The maximum Gasteiger partial charge on any atom is 0.327 e. The molecule has 0 unspecified atom stereocenters. The molecule has 0 aromatic carbocycles. The number of aliphatic hydroxyl groups excluding tert-OH is 1. The molecule has 0 aromatic heterocycles. The zero-order valence-electron chi connectivity index (χ0n) is 18.2. The first kappa shape index (κ1) is 25.7. The SMILES string of the molecule is COC1=CC(=O)C(O)=C(CCCCCCCCCCCCCC/C=C/C(=O)O)C1=O. The van der Waals surface area contributed by atoms with E-state index >= 15 is 0 Å². The van der Waals surface area contributed by atoms with Gasteiger partial charge in [-0.2, -0.15) is 0 Å². The van der Waals surface area contributed by atoms with Gasteiger partial charge in [0, 0.05) is 17.7 Å². The largest absolute Gasteiger partial charge is 0.504 e. The minimum Gasteiger partial charge on any atom is -0.504 e. The summed E-state index contributed by atoms with van der Waals surface area (Å²) in [5.74, 6) is -2.25. The second kappa shape index (κ2) is 15.5. The Labute approximate surface area is 179 Å². The smallest absolute Gasteiger partial charge is 0.327 e. The zero-order chi connectivity index (χ0) is 22.2. The third-order valence-electron chi connectivity index (χ3n) is 5.31. The van der Waals surface area contributed by atoms with Gasteiger partial charge >= 0.3 is 5.97 Å². The summed E-state index contributed by atoms with van der Waals surface area (Å²) in [6, 6.07) is 0. The lowest BCUT2D eigenvalue weighted by molar-refractivity contribution is -0.131. The Morgan fingerprint density at radius 1 is 0.900 bits per heavy atom. The highest BCUT2D eigenvalue weighted by Crippen LogP contribution is 2.23. The van der Waals surface area contributed by atoms with E-state index in [-0.39, 0.29) is 17.1 Å². The lowest BCUT2D eigenvalue weighted by Gasteiger charge is -2.14. The van der Waals surface area contributed by atoms with Crippen LogP contribution in [0.15, 0.2) is 35.3 Å². The molecule has 0 amide bonds. The number of hydrogen-bond donors (Lipinski definition) is 2. The van der Waals surface area contributed by atoms with Crippen LogP contribution in [0.2, 0.25) is 0 Å². The highest BCUT2D eigenvalue weighted by Gasteiger charge is 2.28. The molecule has 0 saturated heterocycles. The van der Waals surface area contributed by atoms with Crippen molar-refractivity contribution >= 4 is 17.5 Å². The number of unbranched alkanes of at least 4 members (excludes halogenated alkanes) is 12. The van der Waals surface area contributed by atoms with Gasteiger partial charge in [0.05, 0.1) is 7.11 Å². The number of methoxy groups -OCH3 is 1. The van der Waals surface area contributed by atoms with Crippen molar-refractivity contribution in [3.8, 4) is 0 Å². The van der Waals surface area contributed by atoms with Crippen molar-refractivity contribution in [2.75, 3.05) is 7.11 Å². The maximum atomic E-state index is 12.1. The number of aliphatic carboxylic acids is 1. The Kier molecular flexibility index (Phi) is 13.2. The van der Waals surface area contributed by atoms with E-state index in [2.05, 4.69) is 0 Å². The summed E-state index contributed by atoms with van der Waals surface area (Å²) in [5, 5.41) is 18.3. The van der Waals surface area contributed by atoms with Crippen LogP contribution in [0.4, 0.5) is 0 Å². The van der Waals surface area contributed by atoms with Crippen molar-refractivity contribution in [2.24, 2.45) is 0 Å². The molecule has 168 valence electrons. The number of Topliss-reactive ketones (excluding diaryl/α,β-unsaturated/α-hetero) is 1. The Balaban J connectivity index is 1.96. The van der Waals surface area contributed by atoms with Gasteiger partial charge in [0.15, 0.2) is 11.5 Å².